The first-order chi connectivity index (χ1) is 13.9. The molecule has 1 aliphatic heterocycles. The van der Waals surface area contributed by atoms with Crippen LogP contribution in [0.25, 0.3) is 22.2 Å². The van der Waals surface area contributed by atoms with Crippen molar-refractivity contribution in [3.8, 4) is 11.3 Å². The average Bonchev–Trinajstić information content (AvgIpc) is 3.24. The SMILES string of the molecule is O=C(CCc1c(-c2ccc(F)cc2)[nH]c2c(F)cc(F)cc12)NC1=NCNC1=O. The Balaban J connectivity index is 1.67. The van der Waals surface area contributed by atoms with Gasteiger partial charge in [-0.3, -0.25) is 9.59 Å². The van der Waals surface area contributed by atoms with Gasteiger partial charge in [0.2, 0.25) is 5.91 Å². The largest absolute Gasteiger partial charge is 0.352 e. The highest BCUT2D eigenvalue weighted by Gasteiger charge is 2.21. The Morgan fingerprint density at radius 1 is 1.10 bits per heavy atom. The highest BCUT2D eigenvalue weighted by atomic mass is 19.1. The molecule has 3 N–H and O–H groups in total. The Morgan fingerprint density at radius 2 is 1.86 bits per heavy atom. The molecule has 0 atom stereocenters. The Bertz CT molecular complexity index is 1150. The predicted molar refractivity (Wildman–Crippen MR) is 101 cm³/mol. The van der Waals surface area contributed by atoms with Gasteiger partial charge in [-0.1, -0.05) is 0 Å². The third kappa shape index (κ3) is 3.71. The number of halogens is 3. The lowest BCUT2D eigenvalue weighted by Crippen LogP contribution is -2.37. The fourth-order valence-electron chi connectivity index (χ4n) is 3.27. The zero-order chi connectivity index (χ0) is 20.5. The van der Waals surface area contributed by atoms with E-state index in [9.17, 15) is 22.8 Å². The van der Waals surface area contributed by atoms with Crippen LogP contribution in [-0.2, 0) is 16.0 Å². The number of hydrogen-bond donors (Lipinski definition) is 3. The molecule has 2 amide bonds. The highest BCUT2D eigenvalue weighted by Crippen LogP contribution is 2.33. The number of aryl methyl sites for hydroxylation is 1. The number of aromatic amines is 1. The van der Waals surface area contributed by atoms with Crippen LogP contribution >= 0.6 is 0 Å². The number of carbonyl (C=O) groups is 2. The summed E-state index contributed by atoms with van der Waals surface area (Å²) >= 11 is 0. The Kier molecular flexibility index (Phi) is 4.79. The van der Waals surface area contributed by atoms with Crippen molar-refractivity contribution in [3.63, 3.8) is 0 Å². The van der Waals surface area contributed by atoms with Gasteiger partial charge in [0.25, 0.3) is 5.91 Å². The molecule has 0 spiro atoms. The molecule has 0 bridgehead atoms. The Morgan fingerprint density at radius 3 is 2.55 bits per heavy atom. The third-order valence-corrected chi connectivity index (χ3v) is 4.62. The van der Waals surface area contributed by atoms with Crippen LogP contribution in [0.2, 0.25) is 0 Å². The average molecular weight is 400 g/mol. The number of nitrogens with one attached hydrogen (secondary N) is 3. The van der Waals surface area contributed by atoms with E-state index in [0.717, 1.165) is 6.07 Å². The molecule has 4 rings (SSSR count). The summed E-state index contributed by atoms with van der Waals surface area (Å²) in [5.74, 6) is -2.94. The van der Waals surface area contributed by atoms with Crippen LogP contribution in [0.15, 0.2) is 41.4 Å². The number of benzene rings is 2. The minimum absolute atomic E-state index is 0.0500. The number of aromatic nitrogens is 1. The summed E-state index contributed by atoms with van der Waals surface area (Å²) in [6, 6.07) is 7.48. The molecule has 0 aliphatic carbocycles. The molecule has 9 heteroatoms. The second-order valence-electron chi connectivity index (χ2n) is 6.51. The number of nitrogens with zero attached hydrogens (tertiary/aromatic N) is 1. The number of aliphatic imine (C=N–C) groups is 1. The molecule has 1 aliphatic rings. The van der Waals surface area contributed by atoms with Gasteiger partial charge in [-0.15, -0.1) is 0 Å². The molecular formula is C20H15F3N4O2. The van der Waals surface area contributed by atoms with Crippen LogP contribution in [-0.4, -0.2) is 29.3 Å². The van der Waals surface area contributed by atoms with E-state index in [0.29, 0.717) is 22.2 Å². The number of H-pyrrole nitrogens is 1. The van der Waals surface area contributed by atoms with Crippen LogP contribution < -0.4 is 10.6 Å². The summed E-state index contributed by atoms with van der Waals surface area (Å²) in [6.45, 7) is 0.101. The van der Waals surface area contributed by atoms with Gasteiger partial charge in [-0.25, -0.2) is 18.2 Å². The standard InChI is InChI=1S/C20H15F3N4O2/c21-11-3-1-10(2-4-11)17-13(14-7-12(22)8-15(23)18(14)27-17)5-6-16(28)26-19-20(29)25-9-24-19/h1-4,7-8,27H,5-6,9H2,(H,25,29)(H,24,26,28). The first-order valence-electron chi connectivity index (χ1n) is 8.80. The van der Waals surface area contributed by atoms with E-state index in [2.05, 4.69) is 20.6 Å². The number of amidine groups is 1. The summed E-state index contributed by atoms with van der Waals surface area (Å²) in [4.78, 5) is 30.5. The first kappa shape index (κ1) is 18.7. The third-order valence-electron chi connectivity index (χ3n) is 4.62. The van der Waals surface area contributed by atoms with E-state index < -0.39 is 29.3 Å². The number of amides is 2. The van der Waals surface area contributed by atoms with Crippen molar-refractivity contribution in [2.24, 2.45) is 4.99 Å². The molecule has 0 saturated heterocycles. The van der Waals surface area contributed by atoms with Gasteiger partial charge in [-0.05, 0) is 47.9 Å². The van der Waals surface area contributed by atoms with Crippen LogP contribution in [0.3, 0.4) is 0 Å². The summed E-state index contributed by atoms with van der Waals surface area (Å²) in [5.41, 5.74) is 1.64. The lowest BCUT2D eigenvalue weighted by Gasteiger charge is -2.07. The maximum Gasteiger partial charge on any atom is 0.288 e. The molecule has 0 saturated carbocycles. The van der Waals surface area contributed by atoms with E-state index in [-0.39, 0.29) is 30.9 Å². The molecule has 0 unspecified atom stereocenters. The van der Waals surface area contributed by atoms with Crippen LogP contribution in [0.1, 0.15) is 12.0 Å². The van der Waals surface area contributed by atoms with Crippen molar-refractivity contribution in [1.29, 1.82) is 0 Å². The lowest BCUT2D eigenvalue weighted by molar-refractivity contribution is -0.121. The van der Waals surface area contributed by atoms with Gasteiger partial charge in [0.1, 0.15) is 24.1 Å². The van der Waals surface area contributed by atoms with Gasteiger partial charge in [-0.2, -0.15) is 0 Å². The Hall–Kier alpha value is -3.62. The molecule has 148 valence electrons. The quantitative estimate of drug-likeness (QED) is 0.629. The summed E-state index contributed by atoms with van der Waals surface area (Å²) in [7, 11) is 0. The molecule has 1 aromatic heterocycles. The van der Waals surface area contributed by atoms with Crippen molar-refractivity contribution in [1.82, 2.24) is 15.6 Å². The number of rotatable bonds is 4. The van der Waals surface area contributed by atoms with Gasteiger partial charge < -0.3 is 15.6 Å². The van der Waals surface area contributed by atoms with Gasteiger partial charge in [0.15, 0.2) is 5.84 Å². The topological polar surface area (TPSA) is 86.3 Å². The van der Waals surface area contributed by atoms with Crippen molar-refractivity contribution in [3.05, 3.63) is 59.4 Å². The maximum atomic E-state index is 14.3. The van der Waals surface area contributed by atoms with Crippen molar-refractivity contribution in [2.75, 3.05) is 6.67 Å². The molecule has 0 fully saturated rings. The monoisotopic (exact) mass is 400 g/mol. The molecule has 2 heterocycles. The maximum absolute atomic E-state index is 14.3. The zero-order valence-corrected chi connectivity index (χ0v) is 15.0. The van der Waals surface area contributed by atoms with Gasteiger partial charge in [0.05, 0.1) is 5.52 Å². The molecule has 29 heavy (non-hydrogen) atoms. The molecular weight excluding hydrogens is 385 g/mol. The fraction of sp³-hybridized carbons (Fsp3) is 0.150. The zero-order valence-electron chi connectivity index (χ0n) is 15.0. The normalized spacial score (nSPS) is 13.5. The minimum Gasteiger partial charge on any atom is -0.352 e. The van der Waals surface area contributed by atoms with Crippen LogP contribution in [0, 0.1) is 17.5 Å². The first-order valence-corrected chi connectivity index (χ1v) is 8.80. The second-order valence-corrected chi connectivity index (χ2v) is 6.51. The number of carbonyl (C=O) groups excluding carboxylic acids is 2. The minimum atomic E-state index is -0.768. The molecule has 0 radical (unpaired) electrons. The van der Waals surface area contributed by atoms with Crippen LogP contribution in [0.4, 0.5) is 13.2 Å². The van der Waals surface area contributed by atoms with E-state index in [1.807, 2.05) is 0 Å². The summed E-state index contributed by atoms with van der Waals surface area (Å²) in [6.07, 6.45) is 0.0852. The van der Waals surface area contributed by atoms with E-state index >= 15 is 0 Å². The van der Waals surface area contributed by atoms with Crippen LogP contribution in [0.5, 0.6) is 0 Å². The second kappa shape index (κ2) is 7.42. The fourth-order valence-corrected chi connectivity index (χ4v) is 3.27. The van der Waals surface area contributed by atoms with Crippen molar-refractivity contribution in [2.45, 2.75) is 12.8 Å². The molecule has 3 aromatic rings. The van der Waals surface area contributed by atoms with Crippen molar-refractivity contribution >= 4 is 28.6 Å². The number of hydrogen-bond acceptors (Lipinski definition) is 3. The Labute approximate surface area is 162 Å². The summed E-state index contributed by atoms with van der Waals surface area (Å²) < 4.78 is 41.4. The lowest BCUT2D eigenvalue weighted by atomic mass is 10.0. The highest BCUT2D eigenvalue weighted by molar-refractivity contribution is 6.41. The smallest absolute Gasteiger partial charge is 0.288 e. The molecule has 6 nitrogen and oxygen atoms in total. The van der Waals surface area contributed by atoms with Gasteiger partial charge >= 0.3 is 0 Å². The number of fused-ring (bicyclic) bond motifs is 1. The molecule has 2 aromatic carbocycles. The van der Waals surface area contributed by atoms with E-state index in [1.54, 1.807) is 0 Å². The van der Waals surface area contributed by atoms with Gasteiger partial charge in [0, 0.05) is 23.6 Å². The predicted octanol–water partition coefficient (Wildman–Crippen LogP) is 2.79. The van der Waals surface area contributed by atoms with Crippen molar-refractivity contribution < 1.29 is 22.8 Å². The van der Waals surface area contributed by atoms with E-state index in [1.165, 1.54) is 30.3 Å². The van der Waals surface area contributed by atoms with E-state index in [4.69, 9.17) is 0 Å². The summed E-state index contributed by atoms with van der Waals surface area (Å²) in [5, 5.41) is 5.16.